The molecule has 0 radical (unpaired) electrons. The fourth-order valence-corrected chi connectivity index (χ4v) is 0.905. The van der Waals surface area contributed by atoms with E-state index in [0.717, 1.165) is 6.42 Å². The summed E-state index contributed by atoms with van der Waals surface area (Å²) in [5, 5.41) is 14.4. The fourth-order valence-electron chi connectivity index (χ4n) is 0.905. The Labute approximate surface area is 82.9 Å². The van der Waals surface area contributed by atoms with E-state index in [-0.39, 0.29) is 0 Å². The summed E-state index contributed by atoms with van der Waals surface area (Å²) in [7, 11) is 0. The van der Waals surface area contributed by atoms with E-state index in [1.165, 1.54) is 5.57 Å². The maximum absolute atomic E-state index is 8.81. The van der Waals surface area contributed by atoms with Crippen molar-refractivity contribution in [2.75, 3.05) is 0 Å². The SMILES string of the molecule is C=C(C)CC(C)(C)C.O=[N+]([O-])[N+](=O)[O-]. The van der Waals surface area contributed by atoms with Crippen molar-refractivity contribution in [3.8, 4) is 0 Å². The molecule has 0 bridgehead atoms. The van der Waals surface area contributed by atoms with Crippen LogP contribution in [-0.4, -0.2) is 10.1 Å². The average molecular weight is 204 g/mol. The Morgan fingerprint density at radius 3 is 1.50 bits per heavy atom. The van der Waals surface area contributed by atoms with Crippen molar-refractivity contribution in [1.82, 2.24) is 0 Å². The van der Waals surface area contributed by atoms with Crippen molar-refractivity contribution in [2.24, 2.45) is 5.41 Å². The number of allylic oxidation sites excluding steroid dienone is 1. The molecule has 0 unspecified atom stereocenters. The van der Waals surface area contributed by atoms with Crippen LogP contribution in [0, 0.1) is 25.6 Å². The highest BCUT2D eigenvalue weighted by atomic mass is 16.8. The van der Waals surface area contributed by atoms with Gasteiger partial charge in [-0.1, -0.05) is 26.3 Å². The minimum atomic E-state index is -1.61. The lowest BCUT2D eigenvalue weighted by Gasteiger charge is -2.17. The Bertz CT molecular complexity index is 218. The number of nitro groups is 1. The summed E-state index contributed by atoms with van der Waals surface area (Å²) in [4.78, 5) is 17.6. The molecule has 6 nitrogen and oxygen atoms in total. The van der Waals surface area contributed by atoms with Crippen LogP contribution in [-0.2, 0) is 0 Å². The highest BCUT2D eigenvalue weighted by molar-refractivity contribution is 4.91. The van der Waals surface area contributed by atoms with Crippen molar-refractivity contribution < 1.29 is 10.1 Å². The summed E-state index contributed by atoms with van der Waals surface area (Å²) in [6.07, 6.45) is 1.13. The maximum atomic E-state index is 8.81. The molecule has 6 heteroatoms. The number of nitrogens with zero attached hydrogens (tertiary/aromatic N) is 2. The Kier molecular flexibility index (Phi) is 6.51. The van der Waals surface area contributed by atoms with Crippen LogP contribution in [0.4, 0.5) is 0 Å². The second-order valence-electron chi connectivity index (χ2n) is 4.17. The van der Waals surface area contributed by atoms with Gasteiger partial charge in [0.1, 0.15) is 0 Å². The first kappa shape index (κ1) is 15.0. The Hall–Kier alpha value is -1.46. The van der Waals surface area contributed by atoms with Crippen LogP contribution in [0.15, 0.2) is 12.2 Å². The van der Waals surface area contributed by atoms with Crippen LogP contribution >= 0.6 is 0 Å². The molecule has 0 aliphatic rings. The largest absolute Gasteiger partial charge is 0.387 e. The summed E-state index contributed by atoms with van der Waals surface area (Å²) >= 11 is 0. The number of hydrazine groups is 1. The second-order valence-corrected chi connectivity index (χ2v) is 4.17. The smallest absolute Gasteiger partial charge is 0.194 e. The second kappa shape index (κ2) is 6.06. The van der Waals surface area contributed by atoms with Crippen LogP contribution < -0.4 is 0 Å². The topological polar surface area (TPSA) is 86.3 Å². The molecule has 82 valence electrons. The molecular formula is C8H16N2O4. The van der Waals surface area contributed by atoms with Crippen molar-refractivity contribution in [3.05, 3.63) is 32.4 Å². The van der Waals surface area contributed by atoms with Gasteiger partial charge in [-0.3, -0.25) is 0 Å². The van der Waals surface area contributed by atoms with Crippen LogP contribution in [0.25, 0.3) is 0 Å². The third-order valence-electron chi connectivity index (χ3n) is 0.965. The first-order chi connectivity index (χ1) is 6.06. The van der Waals surface area contributed by atoms with Gasteiger partial charge in [-0.15, -0.1) is 6.58 Å². The summed E-state index contributed by atoms with van der Waals surface area (Å²) < 4.78 is 0. The Morgan fingerprint density at radius 2 is 1.50 bits per heavy atom. The fraction of sp³-hybridized carbons (Fsp3) is 0.750. The van der Waals surface area contributed by atoms with Crippen LogP contribution in [0.2, 0.25) is 0 Å². The zero-order valence-corrected chi connectivity index (χ0v) is 8.94. The zero-order valence-electron chi connectivity index (χ0n) is 8.94. The van der Waals surface area contributed by atoms with Crippen LogP contribution in [0.5, 0.6) is 0 Å². The number of hydrogen-bond donors (Lipinski definition) is 0. The van der Waals surface area contributed by atoms with E-state index in [1.807, 2.05) is 0 Å². The van der Waals surface area contributed by atoms with Gasteiger partial charge < -0.3 is 0 Å². The lowest BCUT2D eigenvalue weighted by Crippen LogP contribution is -2.06. The lowest BCUT2D eigenvalue weighted by molar-refractivity contribution is -1.08. The molecule has 0 rings (SSSR count). The van der Waals surface area contributed by atoms with Crippen molar-refractivity contribution >= 4 is 0 Å². The van der Waals surface area contributed by atoms with Gasteiger partial charge >= 0.3 is 10.1 Å². The standard InChI is InChI=1S/C8H16.N2O4/c1-7(2)6-8(3,4)5;3-1(4)2(5)6/h1,6H2,2-5H3;. The Balaban J connectivity index is 0. The van der Waals surface area contributed by atoms with E-state index < -0.39 is 10.1 Å². The molecule has 0 heterocycles. The van der Waals surface area contributed by atoms with Gasteiger partial charge in [-0.05, 0) is 18.8 Å². The van der Waals surface area contributed by atoms with E-state index in [2.05, 4.69) is 34.3 Å². The Morgan fingerprint density at radius 1 is 1.21 bits per heavy atom. The molecule has 0 aliphatic carbocycles. The highest BCUT2D eigenvalue weighted by Crippen LogP contribution is 2.22. The van der Waals surface area contributed by atoms with Gasteiger partial charge in [0.05, 0.1) is 0 Å². The molecule has 0 saturated carbocycles. The molecule has 0 amide bonds. The molecule has 0 aliphatic heterocycles. The molecule has 0 saturated heterocycles. The molecular weight excluding hydrogens is 188 g/mol. The summed E-state index contributed by atoms with van der Waals surface area (Å²) in [6, 6.07) is 0. The number of rotatable bonds is 2. The lowest BCUT2D eigenvalue weighted by atomic mass is 9.89. The highest BCUT2D eigenvalue weighted by Gasteiger charge is 2.08. The molecule has 0 aromatic carbocycles. The molecule has 0 aromatic rings. The van der Waals surface area contributed by atoms with Gasteiger partial charge in [-0.25, -0.2) is 0 Å². The van der Waals surface area contributed by atoms with Crippen molar-refractivity contribution in [2.45, 2.75) is 34.1 Å². The normalized spacial score (nSPS) is 9.71. The molecule has 0 spiro atoms. The van der Waals surface area contributed by atoms with E-state index in [4.69, 9.17) is 20.2 Å². The zero-order chi connectivity index (χ0) is 11.9. The quantitative estimate of drug-likeness (QED) is 0.392. The maximum Gasteiger partial charge on any atom is 0.387 e. The average Bonchev–Trinajstić information content (AvgIpc) is 1.81. The first-order valence-electron chi connectivity index (χ1n) is 3.99. The minimum absolute atomic E-state index is 0.422. The van der Waals surface area contributed by atoms with Gasteiger partial charge in [0, 0.05) is 0 Å². The van der Waals surface area contributed by atoms with Gasteiger partial charge in [0.25, 0.3) is 0 Å². The van der Waals surface area contributed by atoms with Crippen molar-refractivity contribution in [1.29, 1.82) is 0 Å². The van der Waals surface area contributed by atoms with Gasteiger partial charge in [-0.2, -0.15) is 20.2 Å². The van der Waals surface area contributed by atoms with E-state index in [0.29, 0.717) is 5.41 Å². The van der Waals surface area contributed by atoms with Crippen LogP contribution in [0.1, 0.15) is 34.1 Å². The van der Waals surface area contributed by atoms with E-state index in [9.17, 15) is 0 Å². The van der Waals surface area contributed by atoms with Gasteiger partial charge in [0.2, 0.25) is 0 Å². The monoisotopic (exact) mass is 204 g/mol. The molecule has 0 aromatic heterocycles. The number of hydrogen-bond acceptors (Lipinski definition) is 4. The third kappa shape index (κ3) is 16.9. The van der Waals surface area contributed by atoms with Gasteiger partial charge in [0.15, 0.2) is 0 Å². The third-order valence-corrected chi connectivity index (χ3v) is 0.965. The van der Waals surface area contributed by atoms with E-state index in [1.54, 1.807) is 0 Å². The molecule has 0 atom stereocenters. The molecule has 0 fully saturated rings. The first-order valence-corrected chi connectivity index (χ1v) is 3.99. The summed E-state index contributed by atoms with van der Waals surface area (Å²) in [5.41, 5.74) is 1.70. The minimum Gasteiger partial charge on any atom is -0.194 e. The van der Waals surface area contributed by atoms with Crippen LogP contribution in [0.3, 0.4) is 0 Å². The predicted octanol–water partition coefficient (Wildman–Crippen LogP) is 2.45. The van der Waals surface area contributed by atoms with Crippen molar-refractivity contribution in [3.63, 3.8) is 0 Å². The predicted molar refractivity (Wildman–Crippen MR) is 52.9 cm³/mol. The molecule has 14 heavy (non-hydrogen) atoms. The summed E-state index contributed by atoms with van der Waals surface area (Å²) in [5.74, 6) is 0. The summed E-state index contributed by atoms with van der Waals surface area (Å²) in [6.45, 7) is 12.6. The van der Waals surface area contributed by atoms with E-state index >= 15 is 0 Å². The molecule has 0 N–H and O–H groups in total.